The van der Waals surface area contributed by atoms with Gasteiger partial charge in [0.25, 0.3) is 0 Å². The van der Waals surface area contributed by atoms with Crippen molar-refractivity contribution >= 4 is 0 Å². The highest BCUT2D eigenvalue weighted by Gasteiger charge is 2.37. The summed E-state index contributed by atoms with van der Waals surface area (Å²) in [6, 6.07) is 0. The minimum absolute atomic E-state index is 0.288. The molecule has 27 heavy (non-hydrogen) atoms. The Balaban J connectivity index is 0. The first-order chi connectivity index (χ1) is 12.7. The van der Waals surface area contributed by atoms with E-state index in [1.165, 1.54) is 39.1 Å². The summed E-state index contributed by atoms with van der Waals surface area (Å²) < 4.78 is 5.38. The second-order valence-electron chi connectivity index (χ2n) is 8.50. The molecule has 2 heterocycles. The third-order valence-corrected chi connectivity index (χ3v) is 5.18. The SMILES string of the molecule is CC.CC.CC.COC1CN(CC(C)(C)CC(C)(C)N2CCN(C)CC2)C1. The summed E-state index contributed by atoms with van der Waals surface area (Å²) in [5, 5.41) is 0. The summed E-state index contributed by atoms with van der Waals surface area (Å²) in [4.78, 5) is 7.65. The van der Waals surface area contributed by atoms with Crippen LogP contribution in [-0.2, 0) is 4.74 Å². The quantitative estimate of drug-likeness (QED) is 0.649. The van der Waals surface area contributed by atoms with Crippen LogP contribution in [0.4, 0.5) is 0 Å². The summed E-state index contributed by atoms with van der Waals surface area (Å²) in [7, 11) is 4.05. The number of methoxy groups -OCH3 is 1. The average molecular weight is 388 g/mol. The minimum atomic E-state index is 0.288. The lowest BCUT2D eigenvalue weighted by molar-refractivity contribution is -0.0524. The molecule has 0 saturated carbocycles. The Morgan fingerprint density at radius 1 is 0.815 bits per heavy atom. The number of ether oxygens (including phenoxy) is 1. The molecule has 0 amide bonds. The molecule has 0 aromatic rings. The van der Waals surface area contributed by atoms with Gasteiger partial charge >= 0.3 is 0 Å². The van der Waals surface area contributed by atoms with Crippen LogP contribution in [0.15, 0.2) is 0 Å². The molecule has 4 heteroatoms. The Labute approximate surface area is 172 Å². The molecule has 0 unspecified atom stereocenters. The van der Waals surface area contributed by atoms with Crippen LogP contribution in [-0.4, -0.2) is 86.3 Å². The van der Waals surface area contributed by atoms with Crippen LogP contribution < -0.4 is 0 Å². The third-order valence-electron chi connectivity index (χ3n) is 5.18. The Hall–Kier alpha value is -0.160. The van der Waals surface area contributed by atoms with Gasteiger partial charge in [-0.25, -0.2) is 0 Å². The maximum Gasteiger partial charge on any atom is 0.0824 e. The highest BCUT2D eigenvalue weighted by Crippen LogP contribution is 2.34. The molecule has 2 saturated heterocycles. The van der Waals surface area contributed by atoms with Gasteiger partial charge < -0.3 is 9.64 Å². The summed E-state index contributed by atoms with van der Waals surface area (Å²) >= 11 is 0. The van der Waals surface area contributed by atoms with Crippen molar-refractivity contribution in [2.75, 3.05) is 60.0 Å². The van der Waals surface area contributed by atoms with E-state index in [1.807, 2.05) is 48.7 Å². The fourth-order valence-electron chi connectivity index (χ4n) is 4.16. The second kappa shape index (κ2) is 14.8. The van der Waals surface area contributed by atoms with Crippen molar-refractivity contribution in [3.8, 4) is 0 Å². The molecule has 2 aliphatic heterocycles. The number of rotatable bonds is 6. The summed E-state index contributed by atoms with van der Waals surface area (Å²) in [6.07, 6.45) is 1.71. The second-order valence-corrected chi connectivity index (χ2v) is 8.50. The van der Waals surface area contributed by atoms with E-state index in [-0.39, 0.29) is 5.54 Å². The van der Waals surface area contributed by atoms with Gasteiger partial charge in [-0.15, -0.1) is 0 Å². The first kappa shape index (κ1) is 29.0. The molecular formula is C23H53N3O. The van der Waals surface area contributed by atoms with Crippen molar-refractivity contribution in [1.29, 1.82) is 0 Å². The van der Waals surface area contributed by atoms with Crippen molar-refractivity contribution in [3.05, 3.63) is 0 Å². The zero-order valence-corrected chi connectivity index (χ0v) is 21.0. The number of likely N-dealkylation sites (tertiary alicyclic amines) is 1. The highest BCUT2D eigenvalue weighted by atomic mass is 16.5. The summed E-state index contributed by atoms with van der Waals surface area (Å²) in [5.74, 6) is 0. The van der Waals surface area contributed by atoms with Crippen molar-refractivity contribution in [1.82, 2.24) is 14.7 Å². The molecule has 0 radical (unpaired) electrons. The molecule has 4 nitrogen and oxygen atoms in total. The lowest BCUT2D eigenvalue weighted by atomic mass is 9.78. The third kappa shape index (κ3) is 10.8. The molecule has 0 bridgehead atoms. The molecule has 0 aromatic carbocycles. The van der Waals surface area contributed by atoms with Gasteiger partial charge in [-0.1, -0.05) is 55.4 Å². The predicted octanol–water partition coefficient (Wildman–Crippen LogP) is 4.84. The van der Waals surface area contributed by atoms with E-state index in [2.05, 4.69) is 49.4 Å². The number of nitrogens with zero attached hydrogens (tertiary/aromatic N) is 3. The Morgan fingerprint density at radius 3 is 1.67 bits per heavy atom. The van der Waals surface area contributed by atoms with Gasteiger partial charge in [0.1, 0.15) is 0 Å². The topological polar surface area (TPSA) is 19.0 Å². The predicted molar refractivity (Wildman–Crippen MR) is 123 cm³/mol. The van der Waals surface area contributed by atoms with Gasteiger partial charge in [-0.2, -0.15) is 0 Å². The minimum Gasteiger partial charge on any atom is -0.379 e. The first-order valence-corrected chi connectivity index (χ1v) is 11.4. The standard InChI is InChI=1S/C17H35N3O.3C2H6/c1-16(2,14-19-11-15(12-19)21-6)13-17(3,4)20-9-7-18(5)8-10-20;3*1-2/h15H,7-14H2,1-6H3;3*1-2H3. The van der Waals surface area contributed by atoms with E-state index in [0.717, 1.165) is 13.1 Å². The van der Waals surface area contributed by atoms with Crippen LogP contribution in [0.25, 0.3) is 0 Å². The Morgan fingerprint density at radius 2 is 1.26 bits per heavy atom. The molecular weight excluding hydrogens is 334 g/mol. The average Bonchev–Trinajstić information content (AvgIpc) is 2.62. The monoisotopic (exact) mass is 387 g/mol. The lowest BCUT2D eigenvalue weighted by Gasteiger charge is -2.49. The van der Waals surface area contributed by atoms with Crippen LogP contribution >= 0.6 is 0 Å². The molecule has 2 rings (SSSR count). The van der Waals surface area contributed by atoms with Crippen molar-refractivity contribution in [2.45, 2.75) is 87.3 Å². The normalized spacial score (nSPS) is 19.6. The smallest absolute Gasteiger partial charge is 0.0824 e. The maximum atomic E-state index is 5.38. The van der Waals surface area contributed by atoms with Gasteiger partial charge in [-0.3, -0.25) is 9.80 Å². The Bertz CT molecular complexity index is 331. The van der Waals surface area contributed by atoms with Crippen molar-refractivity contribution < 1.29 is 4.74 Å². The Kier molecular flexibility index (Phi) is 15.9. The number of hydrogen-bond donors (Lipinski definition) is 0. The summed E-state index contributed by atoms with van der Waals surface area (Å²) in [6.45, 7) is 29.9. The van der Waals surface area contributed by atoms with Crippen molar-refractivity contribution in [3.63, 3.8) is 0 Å². The molecule has 2 aliphatic rings. The fourth-order valence-corrected chi connectivity index (χ4v) is 4.16. The van der Waals surface area contributed by atoms with Gasteiger partial charge in [-0.05, 0) is 32.7 Å². The molecule has 0 atom stereocenters. The summed E-state index contributed by atoms with van der Waals surface area (Å²) in [5.41, 5.74) is 0.641. The fraction of sp³-hybridized carbons (Fsp3) is 1.00. The zero-order valence-electron chi connectivity index (χ0n) is 21.0. The van der Waals surface area contributed by atoms with E-state index in [0.29, 0.717) is 11.5 Å². The molecule has 0 spiro atoms. The number of likely N-dealkylation sites (N-methyl/N-ethyl adjacent to an activating group) is 1. The molecule has 0 aromatic heterocycles. The number of hydrogen-bond acceptors (Lipinski definition) is 4. The lowest BCUT2D eigenvalue weighted by Crippen LogP contribution is -2.58. The van der Waals surface area contributed by atoms with Gasteiger partial charge in [0, 0.05) is 58.5 Å². The van der Waals surface area contributed by atoms with E-state index in [4.69, 9.17) is 4.74 Å². The van der Waals surface area contributed by atoms with Crippen LogP contribution in [0.5, 0.6) is 0 Å². The first-order valence-electron chi connectivity index (χ1n) is 11.4. The zero-order chi connectivity index (χ0) is 21.7. The highest BCUT2D eigenvalue weighted by molar-refractivity contribution is 4.93. The van der Waals surface area contributed by atoms with Gasteiger partial charge in [0.2, 0.25) is 0 Å². The maximum absolute atomic E-state index is 5.38. The van der Waals surface area contributed by atoms with E-state index in [1.54, 1.807) is 0 Å². The molecule has 2 fully saturated rings. The van der Waals surface area contributed by atoms with E-state index < -0.39 is 0 Å². The van der Waals surface area contributed by atoms with E-state index >= 15 is 0 Å². The van der Waals surface area contributed by atoms with Gasteiger partial charge in [0.05, 0.1) is 6.10 Å². The van der Waals surface area contributed by atoms with Crippen LogP contribution in [0, 0.1) is 5.41 Å². The van der Waals surface area contributed by atoms with Crippen molar-refractivity contribution in [2.24, 2.45) is 5.41 Å². The molecule has 0 N–H and O–H groups in total. The largest absolute Gasteiger partial charge is 0.379 e. The van der Waals surface area contributed by atoms with Crippen LogP contribution in [0.2, 0.25) is 0 Å². The van der Waals surface area contributed by atoms with Crippen LogP contribution in [0.3, 0.4) is 0 Å². The molecule has 0 aliphatic carbocycles. The van der Waals surface area contributed by atoms with Crippen LogP contribution in [0.1, 0.15) is 75.7 Å². The number of piperazine rings is 1. The van der Waals surface area contributed by atoms with E-state index in [9.17, 15) is 0 Å². The molecule has 166 valence electrons. The van der Waals surface area contributed by atoms with Gasteiger partial charge in [0.15, 0.2) is 0 Å².